The summed E-state index contributed by atoms with van der Waals surface area (Å²) in [6.07, 6.45) is 2.69. The molecule has 1 aromatic heterocycles. The zero-order chi connectivity index (χ0) is 16.6. The van der Waals surface area contributed by atoms with Crippen molar-refractivity contribution in [2.45, 2.75) is 39.3 Å². The lowest BCUT2D eigenvalue weighted by Crippen LogP contribution is -2.31. The van der Waals surface area contributed by atoms with Crippen molar-refractivity contribution in [1.82, 2.24) is 14.9 Å². The molecule has 0 aliphatic carbocycles. The van der Waals surface area contributed by atoms with Crippen LogP contribution in [0.1, 0.15) is 42.4 Å². The van der Waals surface area contributed by atoms with Crippen molar-refractivity contribution < 1.29 is 15.3 Å². The predicted octanol–water partition coefficient (Wildman–Crippen LogP) is 2.28. The number of nitrogens with zero attached hydrogens (tertiary/aromatic N) is 3. The number of phenolic OH excluding ortho intramolecular Hbond substituents is 3. The van der Waals surface area contributed by atoms with Gasteiger partial charge in [0.2, 0.25) is 0 Å². The zero-order valence-electron chi connectivity index (χ0n) is 13.3. The van der Waals surface area contributed by atoms with E-state index in [9.17, 15) is 15.3 Å². The van der Waals surface area contributed by atoms with Crippen LogP contribution in [-0.2, 0) is 19.5 Å². The Morgan fingerprint density at radius 3 is 2.52 bits per heavy atom. The fourth-order valence-corrected chi connectivity index (χ4v) is 2.82. The molecule has 0 spiro atoms. The first-order valence-electron chi connectivity index (χ1n) is 7.75. The number of rotatable bonds is 3. The number of aromatic hydroxyl groups is 3. The van der Waals surface area contributed by atoms with Gasteiger partial charge in [0.25, 0.3) is 0 Å². The highest BCUT2D eigenvalue weighted by Gasteiger charge is 2.21. The smallest absolute Gasteiger partial charge is 0.131 e. The average Bonchev–Trinajstić information content (AvgIpc) is 2.50. The van der Waals surface area contributed by atoms with E-state index in [2.05, 4.69) is 28.7 Å². The molecule has 0 amide bonds. The number of hydrogen-bond donors (Lipinski definition) is 3. The number of benzene rings is 1. The van der Waals surface area contributed by atoms with Crippen molar-refractivity contribution in [3.8, 4) is 17.2 Å². The molecule has 3 N–H and O–H groups in total. The van der Waals surface area contributed by atoms with Crippen molar-refractivity contribution in [1.29, 1.82) is 0 Å². The van der Waals surface area contributed by atoms with E-state index in [-0.39, 0.29) is 17.2 Å². The van der Waals surface area contributed by atoms with E-state index in [0.717, 1.165) is 30.0 Å². The highest BCUT2D eigenvalue weighted by atomic mass is 16.3. The van der Waals surface area contributed by atoms with Crippen LogP contribution in [0.15, 0.2) is 18.3 Å². The number of aromatic nitrogens is 2. The van der Waals surface area contributed by atoms with Crippen molar-refractivity contribution in [3.63, 3.8) is 0 Å². The average molecular weight is 315 g/mol. The topological polar surface area (TPSA) is 89.7 Å². The second kappa shape index (κ2) is 6.04. The second-order valence-corrected chi connectivity index (χ2v) is 6.28. The maximum atomic E-state index is 9.92. The van der Waals surface area contributed by atoms with Crippen LogP contribution in [0, 0.1) is 0 Å². The number of hydrogen-bond acceptors (Lipinski definition) is 6. The molecular weight excluding hydrogens is 294 g/mol. The van der Waals surface area contributed by atoms with E-state index >= 15 is 0 Å². The fourth-order valence-electron chi connectivity index (χ4n) is 2.82. The van der Waals surface area contributed by atoms with E-state index in [4.69, 9.17) is 0 Å². The standard InChI is InChI=1S/C17H21N3O3/c1-10(2)17-18-7-11-8-20(4-3-14(11)19-17)9-13-15(22)5-12(21)6-16(13)23/h5-7,10,21-23H,3-4,8-9H2,1-2H3. The maximum absolute atomic E-state index is 9.92. The first kappa shape index (κ1) is 15.6. The van der Waals surface area contributed by atoms with Crippen LogP contribution in [-0.4, -0.2) is 36.7 Å². The number of phenols is 3. The Kier molecular flexibility index (Phi) is 4.09. The van der Waals surface area contributed by atoms with Crippen molar-refractivity contribution >= 4 is 0 Å². The van der Waals surface area contributed by atoms with Gasteiger partial charge < -0.3 is 15.3 Å². The molecular formula is C17H21N3O3. The second-order valence-electron chi connectivity index (χ2n) is 6.28. The van der Waals surface area contributed by atoms with Gasteiger partial charge in [0, 0.05) is 67.1 Å². The summed E-state index contributed by atoms with van der Waals surface area (Å²) in [5.74, 6) is 0.831. The predicted molar refractivity (Wildman–Crippen MR) is 85.4 cm³/mol. The summed E-state index contributed by atoms with van der Waals surface area (Å²) in [5, 5.41) is 29.2. The Balaban J connectivity index is 1.78. The third-order valence-electron chi connectivity index (χ3n) is 4.12. The highest BCUT2D eigenvalue weighted by molar-refractivity contribution is 5.48. The monoisotopic (exact) mass is 315 g/mol. The minimum Gasteiger partial charge on any atom is -0.508 e. The molecule has 0 saturated carbocycles. The molecule has 23 heavy (non-hydrogen) atoms. The Morgan fingerprint density at radius 1 is 1.17 bits per heavy atom. The van der Waals surface area contributed by atoms with Crippen molar-refractivity contribution in [2.24, 2.45) is 0 Å². The van der Waals surface area contributed by atoms with Gasteiger partial charge in [-0.1, -0.05) is 13.8 Å². The molecule has 1 aromatic carbocycles. The summed E-state index contributed by atoms with van der Waals surface area (Å²) in [7, 11) is 0. The fraction of sp³-hybridized carbons (Fsp3) is 0.412. The molecule has 0 bridgehead atoms. The van der Waals surface area contributed by atoms with Crippen LogP contribution in [0.3, 0.4) is 0 Å². The molecule has 1 aliphatic rings. The van der Waals surface area contributed by atoms with Gasteiger partial charge in [-0.2, -0.15) is 0 Å². The molecule has 6 heteroatoms. The largest absolute Gasteiger partial charge is 0.508 e. The van der Waals surface area contributed by atoms with Gasteiger partial charge >= 0.3 is 0 Å². The molecule has 0 atom stereocenters. The Labute approximate surface area is 135 Å². The molecule has 0 unspecified atom stereocenters. The molecule has 2 aromatic rings. The van der Waals surface area contributed by atoms with Crippen molar-refractivity contribution in [2.75, 3.05) is 6.54 Å². The van der Waals surface area contributed by atoms with E-state index < -0.39 is 0 Å². The quantitative estimate of drug-likeness (QED) is 0.805. The van der Waals surface area contributed by atoms with Crippen LogP contribution in [0.5, 0.6) is 17.2 Å². The van der Waals surface area contributed by atoms with Gasteiger partial charge in [-0.25, -0.2) is 9.97 Å². The lowest BCUT2D eigenvalue weighted by atomic mass is 10.0. The van der Waals surface area contributed by atoms with Gasteiger partial charge in [0.05, 0.1) is 0 Å². The van der Waals surface area contributed by atoms with Crippen LogP contribution < -0.4 is 0 Å². The summed E-state index contributed by atoms with van der Waals surface area (Å²) >= 11 is 0. The summed E-state index contributed by atoms with van der Waals surface area (Å²) in [5.41, 5.74) is 2.59. The summed E-state index contributed by atoms with van der Waals surface area (Å²) in [6, 6.07) is 2.48. The molecule has 6 nitrogen and oxygen atoms in total. The summed E-state index contributed by atoms with van der Waals surface area (Å²) in [6.45, 7) is 6.03. The van der Waals surface area contributed by atoms with E-state index in [0.29, 0.717) is 24.6 Å². The summed E-state index contributed by atoms with van der Waals surface area (Å²) in [4.78, 5) is 11.2. The Hall–Kier alpha value is -2.34. The molecule has 122 valence electrons. The highest BCUT2D eigenvalue weighted by Crippen LogP contribution is 2.33. The van der Waals surface area contributed by atoms with Crippen LogP contribution in [0.4, 0.5) is 0 Å². The van der Waals surface area contributed by atoms with Crippen molar-refractivity contribution in [3.05, 3.63) is 41.0 Å². The molecule has 0 fully saturated rings. The van der Waals surface area contributed by atoms with Crippen LogP contribution in [0.2, 0.25) is 0 Å². The molecule has 1 aliphatic heterocycles. The number of fused-ring (bicyclic) bond motifs is 1. The minimum atomic E-state index is -0.151. The van der Waals surface area contributed by atoms with E-state index in [1.807, 2.05) is 6.20 Å². The third-order valence-corrected chi connectivity index (χ3v) is 4.12. The lowest BCUT2D eigenvalue weighted by Gasteiger charge is -2.28. The maximum Gasteiger partial charge on any atom is 0.131 e. The minimum absolute atomic E-state index is 0.0975. The van der Waals surface area contributed by atoms with Gasteiger partial charge in [-0.05, 0) is 0 Å². The third kappa shape index (κ3) is 3.22. The molecule has 0 radical (unpaired) electrons. The van der Waals surface area contributed by atoms with E-state index in [1.165, 1.54) is 12.1 Å². The first-order valence-corrected chi connectivity index (χ1v) is 7.75. The summed E-state index contributed by atoms with van der Waals surface area (Å²) < 4.78 is 0. The molecule has 0 saturated heterocycles. The van der Waals surface area contributed by atoms with Gasteiger partial charge in [-0.3, -0.25) is 4.90 Å². The Bertz CT molecular complexity index is 708. The van der Waals surface area contributed by atoms with Gasteiger partial charge in [0.1, 0.15) is 23.1 Å². The zero-order valence-corrected chi connectivity index (χ0v) is 13.3. The normalized spacial score (nSPS) is 14.9. The molecule has 2 heterocycles. The van der Waals surface area contributed by atoms with Gasteiger partial charge in [-0.15, -0.1) is 0 Å². The van der Waals surface area contributed by atoms with Crippen LogP contribution >= 0.6 is 0 Å². The van der Waals surface area contributed by atoms with E-state index in [1.54, 1.807) is 0 Å². The molecule has 3 rings (SSSR count). The first-order chi connectivity index (χ1) is 10.9. The Morgan fingerprint density at radius 2 is 1.87 bits per heavy atom. The SMILES string of the molecule is CC(C)c1ncc2c(n1)CCN(Cc1c(O)cc(O)cc1O)C2. The lowest BCUT2D eigenvalue weighted by molar-refractivity contribution is 0.235. The van der Waals surface area contributed by atoms with Crippen LogP contribution in [0.25, 0.3) is 0 Å². The van der Waals surface area contributed by atoms with Gasteiger partial charge in [0.15, 0.2) is 0 Å².